The first kappa shape index (κ1) is 9.06. The third-order valence-electron chi connectivity index (χ3n) is 3.55. The van der Waals surface area contributed by atoms with E-state index in [-0.39, 0.29) is 0 Å². The van der Waals surface area contributed by atoms with Crippen LogP contribution in [0.2, 0.25) is 0 Å². The summed E-state index contributed by atoms with van der Waals surface area (Å²) in [5.74, 6) is 0. The van der Waals surface area contributed by atoms with E-state index in [1.807, 2.05) is 0 Å². The van der Waals surface area contributed by atoms with Crippen molar-refractivity contribution in [2.24, 2.45) is 7.05 Å². The van der Waals surface area contributed by atoms with Gasteiger partial charge in [0.05, 0.1) is 12.1 Å². The molecule has 0 spiro atoms. The highest BCUT2D eigenvalue weighted by atomic mass is 15.0. The zero-order valence-electron chi connectivity index (χ0n) is 9.57. The van der Waals surface area contributed by atoms with E-state index < -0.39 is 0 Å². The first-order valence-electron chi connectivity index (χ1n) is 5.80. The maximum atomic E-state index is 3.52. The lowest BCUT2D eigenvalue weighted by atomic mass is 10.1. The number of aromatic nitrogens is 1. The van der Waals surface area contributed by atoms with Crippen LogP contribution in [0.1, 0.15) is 11.1 Å². The van der Waals surface area contributed by atoms with E-state index in [4.69, 9.17) is 0 Å². The molecule has 1 aliphatic carbocycles. The van der Waals surface area contributed by atoms with Gasteiger partial charge < -0.3 is 4.57 Å². The fourth-order valence-corrected chi connectivity index (χ4v) is 2.77. The SMILES string of the molecule is Cn1c2c(c3ccccc31)[C]c1ccccc1-2. The van der Waals surface area contributed by atoms with Crippen molar-refractivity contribution in [3.63, 3.8) is 0 Å². The summed E-state index contributed by atoms with van der Waals surface area (Å²) in [5.41, 5.74) is 6.31. The van der Waals surface area contributed by atoms with E-state index in [0.29, 0.717) is 0 Å². The van der Waals surface area contributed by atoms with E-state index in [9.17, 15) is 0 Å². The van der Waals surface area contributed by atoms with E-state index in [2.05, 4.69) is 66.6 Å². The molecule has 0 amide bonds. The zero-order chi connectivity index (χ0) is 11.4. The number of hydrogen-bond donors (Lipinski definition) is 0. The predicted molar refractivity (Wildman–Crippen MR) is 69.8 cm³/mol. The molecule has 0 bridgehead atoms. The van der Waals surface area contributed by atoms with Gasteiger partial charge in [0.1, 0.15) is 0 Å². The van der Waals surface area contributed by atoms with Crippen molar-refractivity contribution in [2.75, 3.05) is 0 Å². The van der Waals surface area contributed by atoms with Crippen molar-refractivity contribution in [3.05, 3.63) is 66.1 Å². The highest BCUT2D eigenvalue weighted by Crippen LogP contribution is 2.42. The van der Waals surface area contributed by atoms with E-state index in [1.165, 1.54) is 33.3 Å². The van der Waals surface area contributed by atoms with E-state index >= 15 is 0 Å². The van der Waals surface area contributed by atoms with Gasteiger partial charge in [-0.25, -0.2) is 0 Å². The van der Waals surface area contributed by atoms with E-state index in [1.54, 1.807) is 0 Å². The van der Waals surface area contributed by atoms with Crippen LogP contribution in [0.4, 0.5) is 0 Å². The summed E-state index contributed by atoms with van der Waals surface area (Å²) in [4.78, 5) is 0. The number of para-hydroxylation sites is 1. The third-order valence-corrected chi connectivity index (χ3v) is 3.55. The van der Waals surface area contributed by atoms with E-state index in [0.717, 1.165) is 0 Å². The Hall–Kier alpha value is -2.02. The van der Waals surface area contributed by atoms with Gasteiger partial charge in [-0.1, -0.05) is 42.5 Å². The van der Waals surface area contributed by atoms with Crippen LogP contribution in [0.3, 0.4) is 0 Å². The second-order valence-electron chi connectivity index (χ2n) is 4.47. The maximum Gasteiger partial charge on any atom is 0.0538 e. The molecule has 17 heavy (non-hydrogen) atoms. The zero-order valence-corrected chi connectivity index (χ0v) is 9.57. The first-order chi connectivity index (χ1) is 8.36. The Kier molecular flexibility index (Phi) is 1.60. The molecule has 3 aromatic rings. The Bertz CT molecular complexity index is 734. The maximum absolute atomic E-state index is 3.52. The average molecular weight is 217 g/mol. The molecule has 0 saturated carbocycles. The minimum atomic E-state index is 1.21. The molecule has 0 atom stereocenters. The molecule has 4 rings (SSSR count). The van der Waals surface area contributed by atoms with Crippen molar-refractivity contribution in [3.8, 4) is 11.3 Å². The van der Waals surface area contributed by atoms with Crippen LogP contribution in [-0.2, 0) is 7.05 Å². The largest absolute Gasteiger partial charge is 0.343 e. The Morgan fingerprint density at radius 1 is 0.941 bits per heavy atom. The van der Waals surface area contributed by atoms with Crippen molar-refractivity contribution in [2.45, 2.75) is 0 Å². The van der Waals surface area contributed by atoms with Gasteiger partial charge in [0.15, 0.2) is 0 Å². The monoisotopic (exact) mass is 217 g/mol. The normalized spacial score (nSPS) is 12.8. The summed E-state index contributed by atoms with van der Waals surface area (Å²) < 4.78 is 2.27. The molecule has 0 unspecified atom stereocenters. The summed E-state index contributed by atoms with van der Waals surface area (Å²) in [5, 5.41) is 1.29. The molecule has 0 fully saturated rings. The molecule has 1 aliphatic rings. The molecule has 0 aliphatic heterocycles. The standard InChI is InChI=1S/C16H11N/c1-17-15-9-5-4-8-13(15)14-10-11-6-2-3-7-12(11)16(14)17/h2-9H,1H3. The Morgan fingerprint density at radius 3 is 2.65 bits per heavy atom. The highest BCUT2D eigenvalue weighted by molar-refractivity contribution is 5.97. The van der Waals surface area contributed by atoms with Crippen LogP contribution in [0, 0.1) is 6.42 Å². The van der Waals surface area contributed by atoms with Crippen LogP contribution in [-0.4, -0.2) is 4.57 Å². The van der Waals surface area contributed by atoms with Crippen LogP contribution >= 0.6 is 0 Å². The lowest BCUT2D eigenvalue weighted by Crippen LogP contribution is -1.90. The molecule has 0 N–H and O–H groups in total. The fraction of sp³-hybridized carbons (Fsp3) is 0.0625. The summed E-state index contributed by atoms with van der Waals surface area (Å²) in [6.45, 7) is 0. The fourth-order valence-electron chi connectivity index (χ4n) is 2.77. The average Bonchev–Trinajstić information content (AvgIpc) is 2.88. The lowest BCUT2D eigenvalue weighted by Gasteiger charge is -2.04. The summed E-state index contributed by atoms with van der Waals surface area (Å²) in [6.07, 6.45) is 3.52. The molecule has 2 aromatic carbocycles. The van der Waals surface area contributed by atoms with Crippen LogP contribution in [0.25, 0.3) is 22.2 Å². The number of benzene rings is 2. The molecule has 80 valence electrons. The second-order valence-corrected chi connectivity index (χ2v) is 4.47. The van der Waals surface area contributed by atoms with Gasteiger partial charge in [0.2, 0.25) is 0 Å². The third kappa shape index (κ3) is 1.04. The molecule has 1 nitrogen and oxygen atoms in total. The second kappa shape index (κ2) is 3.01. The Morgan fingerprint density at radius 2 is 1.71 bits per heavy atom. The molecule has 0 saturated heterocycles. The molecule has 1 aromatic heterocycles. The smallest absolute Gasteiger partial charge is 0.0538 e. The summed E-state index contributed by atoms with van der Waals surface area (Å²) >= 11 is 0. The first-order valence-corrected chi connectivity index (χ1v) is 5.80. The van der Waals surface area contributed by atoms with Gasteiger partial charge >= 0.3 is 0 Å². The van der Waals surface area contributed by atoms with Crippen molar-refractivity contribution < 1.29 is 0 Å². The Balaban J connectivity index is 2.17. The van der Waals surface area contributed by atoms with Crippen LogP contribution < -0.4 is 0 Å². The minimum Gasteiger partial charge on any atom is -0.343 e. The number of hydrogen-bond acceptors (Lipinski definition) is 0. The summed E-state index contributed by atoms with van der Waals surface area (Å²) in [6, 6.07) is 17.0. The van der Waals surface area contributed by atoms with Gasteiger partial charge in [-0.05, 0) is 17.2 Å². The van der Waals surface area contributed by atoms with Gasteiger partial charge in [-0.2, -0.15) is 0 Å². The number of nitrogens with zero attached hydrogens (tertiary/aromatic N) is 1. The quantitative estimate of drug-likeness (QED) is 0.424. The number of aryl methyl sites for hydroxylation is 1. The van der Waals surface area contributed by atoms with Gasteiger partial charge in [0, 0.05) is 23.5 Å². The van der Waals surface area contributed by atoms with Crippen molar-refractivity contribution in [1.82, 2.24) is 4.57 Å². The Labute approximate surface area is 100 Å². The summed E-state index contributed by atoms with van der Waals surface area (Å²) in [7, 11) is 2.13. The number of fused-ring (bicyclic) bond motifs is 5. The predicted octanol–water partition coefficient (Wildman–Crippen LogP) is 3.64. The van der Waals surface area contributed by atoms with Crippen LogP contribution in [0.15, 0.2) is 48.5 Å². The minimum absolute atomic E-state index is 1.21. The molecule has 1 heteroatoms. The van der Waals surface area contributed by atoms with Gasteiger partial charge in [-0.15, -0.1) is 0 Å². The lowest BCUT2D eigenvalue weighted by molar-refractivity contribution is 0.979. The van der Waals surface area contributed by atoms with Gasteiger partial charge in [-0.3, -0.25) is 0 Å². The van der Waals surface area contributed by atoms with Crippen LogP contribution in [0.5, 0.6) is 0 Å². The topological polar surface area (TPSA) is 4.93 Å². The molecular formula is C16H11N. The van der Waals surface area contributed by atoms with Crippen molar-refractivity contribution >= 4 is 10.9 Å². The van der Waals surface area contributed by atoms with Crippen molar-refractivity contribution in [1.29, 1.82) is 0 Å². The molecule has 1 heterocycles. The molecular weight excluding hydrogens is 206 g/mol. The highest BCUT2D eigenvalue weighted by Gasteiger charge is 2.25. The van der Waals surface area contributed by atoms with Gasteiger partial charge in [0.25, 0.3) is 0 Å². The number of rotatable bonds is 0. The molecule has 2 radical (unpaired) electrons.